The monoisotopic (exact) mass is 248 g/mol. The second-order valence-corrected chi connectivity index (χ2v) is 4.44. The summed E-state index contributed by atoms with van der Waals surface area (Å²) < 4.78 is 0.746. The van der Waals surface area contributed by atoms with E-state index in [9.17, 15) is 4.79 Å². The number of aromatic nitrogens is 1. The van der Waals surface area contributed by atoms with Crippen LogP contribution in [0.15, 0.2) is 9.30 Å². The van der Waals surface area contributed by atoms with E-state index < -0.39 is 0 Å². The Morgan fingerprint density at radius 1 is 1.83 bits per heavy atom. The fourth-order valence-corrected chi connectivity index (χ4v) is 1.67. The van der Waals surface area contributed by atoms with Gasteiger partial charge in [-0.15, -0.1) is 11.3 Å². The van der Waals surface area contributed by atoms with E-state index in [1.165, 1.54) is 11.3 Å². The molecule has 0 saturated heterocycles. The molecule has 1 aromatic heterocycles. The van der Waals surface area contributed by atoms with Crippen LogP contribution in [0.25, 0.3) is 0 Å². The van der Waals surface area contributed by atoms with E-state index in [1.807, 2.05) is 6.92 Å². The molecule has 1 rings (SSSR count). The van der Waals surface area contributed by atoms with Crippen molar-refractivity contribution in [3.8, 4) is 0 Å². The minimum absolute atomic E-state index is 0.0283. The van der Waals surface area contributed by atoms with E-state index in [4.69, 9.17) is 0 Å². The summed E-state index contributed by atoms with van der Waals surface area (Å²) in [6.07, 6.45) is 0. The normalized spacial score (nSPS) is 9.92. The molecule has 3 nitrogen and oxygen atoms in total. The molecule has 1 amide bonds. The Bertz CT molecular complexity index is 287. The summed E-state index contributed by atoms with van der Waals surface area (Å²) in [5.74, 6) is -0.0283. The average molecular weight is 249 g/mol. The van der Waals surface area contributed by atoms with Gasteiger partial charge in [-0.1, -0.05) is 0 Å². The lowest BCUT2D eigenvalue weighted by Gasteiger charge is -2.11. The summed E-state index contributed by atoms with van der Waals surface area (Å²) in [6.45, 7) is 2.63. The molecule has 1 aromatic rings. The summed E-state index contributed by atoms with van der Waals surface area (Å²) in [4.78, 5) is 17.1. The third-order valence-corrected chi connectivity index (χ3v) is 2.88. The van der Waals surface area contributed by atoms with Gasteiger partial charge in [-0.25, -0.2) is 4.98 Å². The summed E-state index contributed by atoms with van der Waals surface area (Å²) in [7, 11) is 1.76. The van der Waals surface area contributed by atoms with Crippen molar-refractivity contribution in [1.29, 1.82) is 0 Å². The SMILES string of the molecule is CCN(C)C(=O)c1csc(Br)n1. The Hall–Kier alpha value is -0.420. The number of amides is 1. The number of halogens is 1. The highest BCUT2D eigenvalue weighted by atomic mass is 79.9. The number of hydrogen-bond acceptors (Lipinski definition) is 3. The van der Waals surface area contributed by atoms with Crippen LogP contribution in [0.1, 0.15) is 17.4 Å². The molecule has 0 saturated carbocycles. The van der Waals surface area contributed by atoms with Crippen molar-refractivity contribution in [2.24, 2.45) is 0 Å². The molecule has 0 N–H and O–H groups in total. The molecule has 0 unspecified atom stereocenters. The standard InChI is InChI=1S/C7H9BrN2OS/c1-3-10(2)6(11)5-4-12-7(8)9-5/h4H,3H2,1-2H3. The van der Waals surface area contributed by atoms with E-state index >= 15 is 0 Å². The lowest BCUT2D eigenvalue weighted by Crippen LogP contribution is -2.26. The van der Waals surface area contributed by atoms with Crippen LogP contribution in [0.4, 0.5) is 0 Å². The van der Waals surface area contributed by atoms with Crippen LogP contribution in [-0.2, 0) is 0 Å². The first kappa shape index (κ1) is 9.67. The van der Waals surface area contributed by atoms with Crippen LogP contribution in [0.2, 0.25) is 0 Å². The Labute approximate surface area is 83.5 Å². The number of rotatable bonds is 2. The molecule has 0 bridgehead atoms. The van der Waals surface area contributed by atoms with Gasteiger partial charge in [0.15, 0.2) is 3.92 Å². The molecule has 66 valence electrons. The maximum atomic E-state index is 11.4. The number of nitrogens with zero attached hydrogens (tertiary/aromatic N) is 2. The third kappa shape index (κ3) is 2.04. The smallest absolute Gasteiger partial charge is 0.273 e. The zero-order valence-electron chi connectivity index (χ0n) is 6.87. The zero-order chi connectivity index (χ0) is 9.14. The molecule has 12 heavy (non-hydrogen) atoms. The predicted octanol–water partition coefficient (Wildman–Crippen LogP) is 2.00. The van der Waals surface area contributed by atoms with Crippen molar-refractivity contribution < 1.29 is 4.79 Å². The van der Waals surface area contributed by atoms with Gasteiger partial charge in [0.25, 0.3) is 5.91 Å². The highest BCUT2D eigenvalue weighted by Gasteiger charge is 2.12. The van der Waals surface area contributed by atoms with Crippen molar-refractivity contribution in [3.63, 3.8) is 0 Å². The lowest BCUT2D eigenvalue weighted by atomic mass is 10.4. The molecular formula is C7H9BrN2OS. The van der Waals surface area contributed by atoms with Crippen LogP contribution >= 0.6 is 27.3 Å². The molecule has 0 atom stereocenters. The Morgan fingerprint density at radius 3 is 2.92 bits per heavy atom. The highest BCUT2D eigenvalue weighted by Crippen LogP contribution is 2.16. The van der Waals surface area contributed by atoms with Crippen LogP contribution in [-0.4, -0.2) is 29.4 Å². The van der Waals surface area contributed by atoms with E-state index in [-0.39, 0.29) is 5.91 Å². The lowest BCUT2D eigenvalue weighted by molar-refractivity contribution is 0.0797. The summed E-state index contributed by atoms with van der Waals surface area (Å²) in [6, 6.07) is 0. The highest BCUT2D eigenvalue weighted by molar-refractivity contribution is 9.11. The largest absolute Gasteiger partial charge is 0.341 e. The topological polar surface area (TPSA) is 33.2 Å². The van der Waals surface area contributed by atoms with Crippen LogP contribution in [0, 0.1) is 0 Å². The molecule has 1 heterocycles. The number of hydrogen-bond donors (Lipinski definition) is 0. The average Bonchev–Trinajstić information content (AvgIpc) is 2.49. The van der Waals surface area contributed by atoms with Gasteiger partial charge in [-0.3, -0.25) is 4.79 Å². The third-order valence-electron chi connectivity index (χ3n) is 1.52. The molecule has 0 aromatic carbocycles. The van der Waals surface area contributed by atoms with Gasteiger partial charge < -0.3 is 4.90 Å². The second kappa shape index (κ2) is 4.00. The Morgan fingerprint density at radius 2 is 2.50 bits per heavy atom. The van der Waals surface area contributed by atoms with Gasteiger partial charge in [-0.2, -0.15) is 0 Å². The summed E-state index contributed by atoms with van der Waals surface area (Å²) in [5.41, 5.74) is 0.510. The first-order chi connectivity index (χ1) is 5.65. The van der Waals surface area contributed by atoms with Crippen molar-refractivity contribution in [2.45, 2.75) is 6.92 Å². The van der Waals surface area contributed by atoms with Gasteiger partial charge in [0.05, 0.1) is 0 Å². The molecule has 5 heteroatoms. The van der Waals surface area contributed by atoms with Crippen LogP contribution < -0.4 is 0 Å². The zero-order valence-corrected chi connectivity index (χ0v) is 9.28. The Kier molecular flexibility index (Phi) is 3.22. The van der Waals surface area contributed by atoms with Crippen LogP contribution in [0.5, 0.6) is 0 Å². The van der Waals surface area contributed by atoms with Gasteiger partial charge in [0.2, 0.25) is 0 Å². The van der Waals surface area contributed by atoms with Crippen molar-refractivity contribution in [3.05, 3.63) is 15.0 Å². The van der Waals surface area contributed by atoms with Crippen LogP contribution in [0.3, 0.4) is 0 Å². The number of thiazole rings is 1. The number of carbonyl (C=O) groups excluding carboxylic acids is 1. The quantitative estimate of drug-likeness (QED) is 0.803. The first-order valence-electron chi connectivity index (χ1n) is 3.51. The molecular weight excluding hydrogens is 240 g/mol. The molecule has 0 radical (unpaired) electrons. The molecule has 0 aliphatic heterocycles. The molecule has 0 fully saturated rings. The van der Waals surface area contributed by atoms with E-state index in [0.29, 0.717) is 12.2 Å². The van der Waals surface area contributed by atoms with Gasteiger partial charge >= 0.3 is 0 Å². The fourth-order valence-electron chi connectivity index (χ4n) is 0.689. The maximum absolute atomic E-state index is 11.4. The molecule has 0 spiro atoms. The van der Waals surface area contributed by atoms with Crippen molar-refractivity contribution in [1.82, 2.24) is 9.88 Å². The predicted molar refractivity (Wildman–Crippen MR) is 52.4 cm³/mol. The van der Waals surface area contributed by atoms with Gasteiger partial charge in [0, 0.05) is 19.0 Å². The summed E-state index contributed by atoms with van der Waals surface area (Å²) >= 11 is 4.63. The van der Waals surface area contributed by atoms with E-state index in [1.54, 1.807) is 17.3 Å². The Balaban J connectivity index is 2.78. The molecule has 0 aliphatic carbocycles. The minimum atomic E-state index is -0.0283. The van der Waals surface area contributed by atoms with Crippen molar-refractivity contribution >= 4 is 33.2 Å². The first-order valence-corrected chi connectivity index (χ1v) is 5.19. The van der Waals surface area contributed by atoms with Gasteiger partial charge in [0.1, 0.15) is 5.69 Å². The minimum Gasteiger partial charge on any atom is -0.341 e. The van der Waals surface area contributed by atoms with E-state index in [0.717, 1.165) is 3.92 Å². The van der Waals surface area contributed by atoms with Gasteiger partial charge in [-0.05, 0) is 22.9 Å². The van der Waals surface area contributed by atoms with Crippen molar-refractivity contribution in [2.75, 3.05) is 13.6 Å². The molecule has 0 aliphatic rings. The maximum Gasteiger partial charge on any atom is 0.273 e. The summed E-state index contributed by atoms with van der Waals surface area (Å²) in [5, 5.41) is 1.75. The number of carbonyl (C=O) groups is 1. The fraction of sp³-hybridized carbons (Fsp3) is 0.429. The second-order valence-electron chi connectivity index (χ2n) is 2.31. The van der Waals surface area contributed by atoms with E-state index in [2.05, 4.69) is 20.9 Å².